The molecular formula is C15H22N4. The Kier molecular flexibility index (Phi) is 4.22. The summed E-state index contributed by atoms with van der Waals surface area (Å²) < 4.78 is 1.84. The quantitative estimate of drug-likeness (QED) is 0.893. The van der Waals surface area contributed by atoms with Gasteiger partial charge in [-0.2, -0.15) is 5.10 Å². The molecule has 19 heavy (non-hydrogen) atoms. The number of rotatable bonds is 5. The molecule has 2 rings (SSSR count). The van der Waals surface area contributed by atoms with Crippen molar-refractivity contribution in [1.82, 2.24) is 15.1 Å². The number of hydrogen-bond donors (Lipinski definition) is 1. The average molecular weight is 258 g/mol. The van der Waals surface area contributed by atoms with Gasteiger partial charge >= 0.3 is 0 Å². The van der Waals surface area contributed by atoms with Crippen molar-refractivity contribution in [2.45, 2.75) is 19.5 Å². The van der Waals surface area contributed by atoms with E-state index < -0.39 is 0 Å². The van der Waals surface area contributed by atoms with Crippen LogP contribution in [0.15, 0.2) is 36.7 Å². The molecule has 0 aliphatic carbocycles. The van der Waals surface area contributed by atoms with E-state index >= 15 is 0 Å². The topological polar surface area (TPSA) is 33.1 Å². The molecule has 1 aromatic heterocycles. The van der Waals surface area contributed by atoms with Gasteiger partial charge in [0.25, 0.3) is 0 Å². The zero-order valence-electron chi connectivity index (χ0n) is 12.1. The Bertz CT molecular complexity index is 532. The lowest BCUT2D eigenvalue weighted by molar-refractivity contribution is 0.649. The molecule has 0 fully saturated rings. The predicted molar refractivity (Wildman–Crippen MR) is 79.2 cm³/mol. The molecule has 4 heteroatoms. The molecule has 1 N–H and O–H groups in total. The molecule has 2 aromatic rings. The van der Waals surface area contributed by atoms with Crippen LogP contribution >= 0.6 is 0 Å². The Hall–Kier alpha value is -1.81. The van der Waals surface area contributed by atoms with E-state index in [1.165, 1.54) is 16.8 Å². The smallest absolute Gasteiger partial charge is 0.0539 e. The summed E-state index contributed by atoms with van der Waals surface area (Å²) in [5, 5.41) is 7.52. The maximum Gasteiger partial charge on any atom is 0.0539 e. The first-order valence-electron chi connectivity index (χ1n) is 6.56. The Balaban J connectivity index is 2.21. The molecule has 1 aromatic carbocycles. The summed E-state index contributed by atoms with van der Waals surface area (Å²) in [5.41, 5.74) is 3.79. The van der Waals surface area contributed by atoms with E-state index in [1.807, 2.05) is 25.0 Å². The number of nitrogens with one attached hydrogen (secondary N) is 1. The molecule has 0 aliphatic rings. The van der Waals surface area contributed by atoms with Crippen LogP contribution in [0.4, 0.5) is 5.69 Å². The number of nitrogens with zero attached hydrogens (tertiary/aromatic N) is 3. The molecule has 1 atom stereocenters. The van der Waals surface area contributed by atoms with Gasteiger partial charge < -0.3 is 10.2 Å². The summed E-state index contributed by atoms with van der Waals surface area (Å²) in [6.45, 7) is 3.04. The summed E-state index contributed by atoms with van der Waals surface area (Å²) in [6.07, 6.45) is 3.97. The first kappa shape index (κ1) is 13.6. The lowest BCUT2D eigenvalue weighted by atomic mass is 10.1. The number of aryl methyl sites for hydroxylation is 1. The van der Waals surface area contributed by atoms with Crippen LogP contribution in [0.1, 0.15) is 24.1 Å². The second-order valence-electron chi connectivity index (χ2n) is 4.95. The third-order valence-corrected chi connectivity index (χ3v) is 3.43. The predicted octanol–water partition coefficient (Wildman–Crippen LogP) is 2.34. The van der Waals surface area contributed by atoms with E-state index in [1.54, 1.807) is 0 Å². The third kappa shape index (κ3) is 3.15. The molecule has 102 valence electrons. The fourth-order valence-corrected chi connectivity index (χ4v) is 2.27. The number of aromatic nitrogens is 2. The van der Waals surface area contributed by atoms with Crippen LogP contribution in [-0.4, -0.2) is 23.9 Å². The van der Waals surface area contributed by atoms with Gasteiger partial charge in [0.2, 0.25) is 0 Å². The normalized spacial score (nSPS) is 12.4. The van der Waals surface area contributed by atoms with E-state index in [2.05, 4.69) is 59.7 Å². The Morgan fingerprint density at radius 3 is 2.74 bits per heavy atom. The van der Waals surface area contributed by atoms with E-state index in [0.29, 0.717) is 6.04 Å². The third-order valence-electron chi connectivity index (χ3n) is 3.43. The van der Waals surface area contributed by atoms with E-state index in [4.69, 9.17) is 0 Å². The summed E-state index contributed by atoms with van der Waals surface area (Å²) in [5.74, 6) is 0. The van der Waals surface area contributed by atoms with E-state index in [-0.39, 0.29) is 0 Å². The highest BCUT2D eigenvalue weighted by Gasteiger charge is 2.12. The van der Waals surface area contributed by atoms with Crippen LogP contribution in [0.2, 0.25) is 0 Å². The van der Waals surface area contributed by atoms with Gasteiger partial charge in [-0.1, -0.05) is 18.2 Å². The molecule has 4 nitrogen and oxygen atoms in total. The first-order chi connectivity index (χ1) is 9.11. The van der Waals surface area contributed by atoms with Crippen LogP contribution in [0.5, 0.6) is 0 Å². The van der Waals surface area contributed by atoms with Crippen LogP contribution in [0.25, 0.3) is 0 Å². The minimum Gasteiger partial charge on any atom is -0.370 e. The zero-order chi connectivity index (χ0) is 13.8. The van der Waals surface area contributed by atoms with Gasteiger partial charge in [0, 0.05) is 44.1 Å². The zero-order valence-corrected chi connectivity index (χ0v) is 12.1. The van der Waals surface area contributed by atoms with Gasteiger partial charge in [-0.3, -0.25) is 4.68 Å². The maximum atomic E-state index is 4.21. The highest BCUT2D eigenvalue weighted by atomic mass is 15.2. The molecule has 1 heterocycles. The largest absolute Gasteiger partial charge is 0.370 e. The first-order valence-corrected chi connectivity index (χ1v) is 6.56. The van der Waals surface area contributed by atoms with Crippen molar-refractivity contribution in [3.05, 3.63) is 47.8 Å². The SMILES string of the molecule is CNC(C)c1ccccc1N(C)Cc1cnn(C)c1. The van der Waals surface area contributed by atoms with E-state index in [9.17, 15) is 0 Å². The monoisotopic (exact) mass is 258 g/mol. The molecular weight excluding hydrogens is 236 g/mol. The lowest BCUT2D eigenvalue weighted by Crippen LogP contribution is -2.21. The van der Waals surface area contributed by atoms with Gasteiger partial charge in [-0.15, -0.1) is 0 Å². The average Bonchev–Trinajstić information content (AvgIpc) is 2.83. The molecule has 0 radical (unpaired) electrons. The van der Waals surface area contributed by atoms with Crippen molar-refractivity contribution >= 4 is 5.69 Å². The van der Waals surface area contributed by atoms with Crippen molar-refractivity contribution in [3.8, 4) is 0 Å². The van der Waals surface area contributed by atoms with Crippen molar-refractivity contribution in [1.29, 1.82) is 0 Å². The van der Waals surface area contributed by atoms with Crippen LogP contribution in [0, 0.1) is 0 Å². The van der Waals surface area contributed by atoms with Crippen molar-refractivity contribution in [3.63, 3.8) is 0 Å². The second kappa shape index (κ2) is 5.89. The molecule has 0 spiro atoms. The summed E-state index contributed by atoms with van der Waals surface area (Å²) >= 11 is 0. The molecule has 0 saturated heterocycles. The fraction of sp³-hybridized carbons (Fsp3) is 0.400. The standard InChI is InChI=1S/C15H22N4/c1-12(16-2)14-7-5-6-8-15(14)18(3)10-13-9-17-19(4)11-13/h5-9,11-12,16H,10H2,1-4H3. The summed E-state index contributed by atoms with van der Waals surface area (Å²) in [7, 11) is 6.05. The van der Waals surface area contributed by atoms with Crippen LogP contribution in [-0.2, 0) is 13.6 Å². The second-order valence-corrected chi connectivity index (χ2v) is 4.95. The Morgan fingerprint density at radius 2 is 2.11 bits per heavy atom. The Morgan fingerprint density at radius 1 is 1.37 bits per heavy atom. The highest BCUT2D eigenvalue weighted by molar-refractivity contribution is 5.54. The van der Waals surface area contributed by atoms with Crippen molar-refractivity contribution < 1.29 is 0 Å². The molecule has 1 unspecified atom stereocenters. The molecule has 0 amide bonds. The van der Waals surface area contributed by atoms with Gasteiger partial charge in [-0.05, 0) is 25.6 Å². The number of para-hydroxylation sites is 1. The van der Waals surface area contributed by atoms with Gasteiger partial charge in [0.15, 0.2) is 0 Å². The summed E-state index contributed by atoms with van der Waals surface area (Å²) in [6, 6.07) is 8.86. The number of benzene rings is 1. The minimum atomic E-state index is 0.340. The molecule has 0 aliphatic heterocycles. The van der Waals surface area contributed by atoms with E-state index in [0.717, 1.165) is 6.54 Å². The fourth-order valence-electron chi connectivity index (χ4n) is 2.27. The number of anilines is 1. The van der Waals surface area contributed by atoms with Crippen molar-refractivity contribution in [2.75, 3.05) is 19.0 Å². The van der Waals surface area contributed by atoms with Crippen LogP contribution < -0.4 is 10.2 Å². The Labute approximate surface area is 115 Å². The lowest BCUT2D eigenvalue weighted by Gasteiger charge is -2.24. The molecule has 0 saturated carbocycles. The van der Waals surface area contributed by atoms with Gasteiger partial charge in [0.05, 0.1) is 6.20 Å². The maximum absolute atomic E-state index is 4.21. The van der Waals surface area contributed by atoms with Gasteiger partial charge in [-0.25, -0.2) is 0 Å². The van der Waals surface area contributed by atoms with Crippen LogP contribution in [0.3, 0.4) is 0 Å². The summed E-state index contributed by atoms with van der Waals surface area (Å²) in [4.78, 5) is 2.26. The number of hydrogen-bond acceptors (Lipinski definition) is 3. The van der Waals surface area contributed by atoms with Crippen molar-refractivity contribution in [2.24, 2.45) is 7.05 Å². The molecule has 0 bridgehead atoms. The minimum absolute atomic E-state index is 0.340. The van der Waals surface area contributed by atoms with Gasteiger partial charge in [0.1, 0.15) is 0 Å². The highest BCUT2D eigenvalue weighted by Crippen LogP contribution is 2.26.